The molecule has 124 valence electrons. The summed E-state index contributed by atoms with van der Waals surface area (Å²) in [5.74, 6) is 0. The number of rotatable bonds is 0. The third-order valence-electron chi connectivity index (χ3n) is 2.67. The predicted molar refractivity (Wildman–Crippen MR) is 112 cm³/mol. The van der Waals surface area contributed by atoms with Crippen LogP contribution in [0.15, 0.2) is 146 Å². The Hall–Kier alpha value is -2.32. The van der Waals surface area contributed by atoms with Gasteiger partial charge < -0.3 is 0 Å². The van der Waals surface area contributed by atoms with Crippen LogP contribution in [0.5, 0.6) is 0 Å². The first-order chi connectivity index (χ1) is 12.0. The minimum absolute atomic E-state index is 0. The second-order valence-corrected chi connectivity index (χ2v) is 4.62. The summed E-state index contributed by atoms with van der Waals surface area (Å²) in [6, 6.07) is 48.0. The zero-order valence-corrected chi connectivity index (χ0v) is 17.2. The van der Waals surface area contributed by atoms with Crippen molar-refractivity contribution in [2.24, 2.45) is 0 Å². The summed E-state index contributed by atoms with van der Waals surface area (Å²) < 4.78 is 0. The summed E-state index contributed by atoms with van der Waals surface area (Å²) in [5.41, 5.74) is 0. The smallest absolute Gasteiger partial charge is 0 e. The zero-order chi connectivity index (χ0) is 17.0. The molecular weight excluding hydrogens is 407 g/mol. The van der Waals surface area contributed by atoms with Crippen molar-refractivity contribution < 1.29 is 0 Å². The number of hydrogen-bond donors (Lipinski definition) is 0. The van der Waals surface area contributed by atoms with E-state index >= 15 is 0 Å². The van der Waals surface area contributed by atoms with Gasteiger partial charge >= 0.3 is 0 Å². The van der Waals surface area contributed by atoms with Gasteiger partial charge in [0.1, 0.15) is 0 Å². The number of benzene rings is 4. The Labute approximate surface area is 169 Å². The van der Waals surface area contributed by atoms with Gasteiger partial charge in [-0.15, -0.1) is 0 Å². The van der Waals surface area contributed by atoms with Gasteiger partial charge in [-0.3, -0.25) is 0 Å². The van der Waals surface area contributed by atoms with Gasteiger partial charge in [-0.1, -0.05) is 146 Å². The van der Waals surface area contributed by atoms with Crippen LogP contribution in [0.1, 0.15) is 0 Å². The summed E-state index contributed by atoms with van der Waals surface area (Å²) >= 11 is 0. The van der Waals surface area contributed by atoms with E-state index in [1.165, 1.54) is 0 Å². The molecule has 0 nitrogen and oxygen atoms in total. The van der Waals surface area contributed by atoms with Gasteiger partial charge in [0.25, 0.3) is 0 Å². The van der Waals surface area contributed by atoms with E-state index in [1.54, 1.807) is 0 Å². The predicted octanol–water partition coefficient (Wildman–Crippen LogP) is 6.37. The van der Waals surface area contributed by atoms with Gasteiger partial charge in [0.2, 0.25) is 0 Å². The largest absolute Gasteiger partial charge is 0.0623 e. The molecule has 0 aliphatic heterocycles. The van der Waals surface area contributed by atoms with Gasteiger partial charge in [-0.25, -0.2) is 0 Å². The van der Waals surface area contributed by atoms with Crippen LogP contribution < -0.4 is 0 Å². The molecule has 0 N–H and O–H groups in total. The topological polar surface area (TPSA) is 0 Å². The zero-order valence-electron chi connectivity index (χ0n) is 14.4. The van der Waals surface area contributed by atoms with Crippen molar-refractivity contribution in [1.29, 1.82) is 0 Å². The second-order valence-electron chi connectivity index (χ2n) is 4.62. The summed E-state index contributed by atoms with van der Waals surface area (Å²) in [7, 11) is 0. The fourth-order valence-electron chi connectivity index (χ4n) is 1.54. The minimum atomic E-state index is 0. The molecule has 0 fully saturated rings. The number of hydrogen-bond acceptors (Lipinski definition) is 0. The Morgan fingerprint density at radius 1 is 0.120 bits per heavy atom. The van der Waals surface area contributed by atoms with Gasteiger partial charge in [0.05, 0.1) is 0 Å². The average Bonchev–Trinajstić information content (AvgIpc) is 2.75. The molecule has 0 heterocycles. The van der Waals surface area contributed by atoms with Gasteiger partial charge in [0, 0.05) is 23.9 Å². The Morgan fingerprint density at radius 2 is 0.160 bits per heavy atom. The average molecular weight is 431 g/mol. The van der Waals surface area contributed by atoms with Crippen LogP contribution in [0, 0.1) is 0 Å². The monoisotopic (exact) mass is 432 g/mol. The molecule has 0 atom stereocenters. The molecular formula is C24H24Sn. The van der Waals surface area contributed by atoms with Crippen LogP contribution in [0.25, 0.3) is 0 Å². The maximum Gasteiger partial charge on any atom is 0 e. The van der Waals surface area contributed by atoms with E-state index < -0.39 is 0 Å². The van der Waals surface area contributed by atoms with Crippen LogP contribution in [0.2, 0.25) is 0 Å². The van der Waals surface area contributed by atoms with Gasteiger partial charge in [-0.2, -0.15) is 0 Å². The molecule has 0 bridgehead atoms. The molecule has 0 saturated heterocycles. The van der Waals surface area contributed by atoms with Crippen molar-refractivity contribution in [3.05, 3.63) is 146 Å². The molecule has 0 spiro atoms. The maximum atomic E-state index is 2.00. The second kappa shape index (κ2) is 19.7. The first kappa shape index (κ1) is 22.7. The van der Waals surface area contributed by atoms with Crippen LogP contribution in [-0.2, 0) is 0 Å². The fraction of sp³-hybridized carbons (Fsp3) is 0. The van der Waals surface area contributed by atoms with Crippen molar-refractivity contribution in [3.63, 3.8) is 0 Å². The summed E-state index contributed by atoms with van der Waals surface area (Å²) in [6.45, 7) is 0. The quantitative estimate of drug-likeness (QED) is 0.284. The SMILES string of the molecule is [Sn].c1ccccc1.c1ccccc1.c1ccccc1.c1ccccc1. The molecule has 0 unspecified atom stereocenters. The van der Waals surface area contributed by atoms with Crippen molar-refractivity contribution in [2.45, 2.75) is 0 Å². The van der Waals surface area contributed by atoms with Crippen molar-refractivity contribution in [1.82, 2.24) is 0 Å². The molecule has 0 saturated carbocycles. The molecule has 0 aromatic heterocycles. The Bertz CT molecular complexity index is 420. The molecule has 4 aromatic rings. The third-order valence-corrected chi connectivity index (χ3v) is 2.67. The minimum Gasteiger partial charge on any atom is -0.0623 e. The van der Waals surface area contributed by atoms with Crippen molar-refractivity contribution >= 4 is 23.9 Å². The summed E-state index contributed by atoms with van der Waals surface area (Å²) in [6.07, 6.45) is 0. The van der Waals surface area contributed by atoms with E-state index in [0.717, 1.165) is 0 Å². The van der Waals surface area contributed by atoms with Crippen LogP contribution in [0.3, 0.4) is 0 Å². The normalized spacial score (nSPS) is 7.68. The van der Waals surface area contributed by atoms with Crippen molar-refractivity contribution in [3.8, 4) is 0 Å². The van der Waals surface area contributed by atoms with E-state index in [-0.39, 0.29) is 23.9 Å². The summed E-state index contributed by atoms with van der Waals surface area (Å²) in [5, 5.41) is 0. The summed E-state index contributed by atoms with van der Waals surface area (Å²) in [4.78, 5) is 0. The molecule has 1 heteroatoms. The van der Waals surface area contributed by atoms with E-state index in [9.17, 15) is 0 Å². The Balaban J connectivity index is 0.000000303. The molecule has 4 radical (unpaired) electrons. The Morgan fingerprint density at radius 3 is 0.200 bits per heavy atom. The molecule has 0 aliphatic carbocycles. The first-order valence-electron chi connectivity index (χ1n) is 8.00. The van der Waals surface area contributed by atoms with Crippen LogP contribution in [-0.4, -0.2) is 23.9 Å². The third kappa shape index (κ3) is 17.9. The van der Waals surface area contributed by atoms with Crippen LogP contribution >= 0.6 is 0 Å². The molecule has 25 heavy (non-hydrogen) atoms. The van der Waals surface area contributed by atoms with E-state index in [4.69, 9.17) is 0 Å². The molecule has 0 amide bonds. The van der Waals surface area contributed by atoms with Crippen LogP contribution in [0.4, 0.5) is 0 Å². The first-order valence-corrected chi connectivity index (χ1v) is 8.00. The van der Waals surface area contributed by atoms with E-state index in [1.807, 2.05) is 146 Å². The standard InChI is InChI=1S/4C6H6.Sn/c4*1-2-4-6-5-3-1;/h4*1-6H;. The molecule has 4 aromatic carbocycles. The van der Waals surface area contributed by atoms with Gasteiger partial charge in [0.15, 0.2) is 0 Å². The molecule has 0 aliphatic rings. The fourth-order valence-corrected chi connectivity index (χ4v) is 1.54. The van der Waals surface area contributed by atoms with E-state index in [0.29, 0.717) is 0 Å². The Kier molecular flexibility index (Phi) is 17.9. The van der Waals surface area contributed by atoms with E-state index in [2.05, 4.69) is 0 Å². The molecule has 4 rings (SSSR count). The van der Waals surface area contributed by atoms with Crippen molar-refractivity contribution in [2.75, 3.05) is 0 Å². The maximum absolute atomic E-state index is 2.00. The van der Waals surface area contributed by atoms with Gasteiger partial charge in [-0.05, 0) is 0 Å².